The second-order valence-electron chi connectivity index (χ2n) is 4.19. The van der Waals surface area contributed by atoms with Crippen molar-refractivity contribution >= 4 is 21.8 Å². The Bertz CT molecular complexity index is 680. The van der Waals surface area contributed by atoms with Crippen LogP contribution in [0.3, 0.4) is 0 Å². The van der Waals surface area contributed by atoms with Crippen LogP contribution in [0.15, 0.2) is 29.0 Å². The van der Waals surface area contributed by atoms with Crippen molar-refractivity contribution in [2.75, 3.05) is 14.2 Å². The Labute approximate surface area is 134 Å². The minimum Gasteiger partial charge on any atom is -0.489 e. The van der Waals surface area contributed by atoms with Gasteiger partial charge in [-0.1, -0.05) is 12.1 Å². The Morgan fingerprint density at radius 2 is 1.91 bits per heavy atom. The summed E-state index contributed by atoms with van der Waals surface area (Å²) in [5.74, 6) is -0.498. The first-order valence-electron chi connectivity index (χ1n) is 6.23. The van der Waals surface area contributed by atoms with Gasteiger partial charge in [-0.05, 0) is 33.6 Å². The van der Waals surface area contributed by atoms with Crippen LogP contribution in [0.4, 0.5) is 4.39 Å². The van der Waals surface area contributed by atoms with Crippen molar-refractivity contribution in [2.45, 2.75) is 6.54 Å². The van der Waals surface area contributed by atoms with Crippen molar-refractivity contribution in [3.63, 3.8) is 0 Å². The molecule has 0 aliphatic rings. The van der Waals surface area contributed by atoms with Gasteiger partial charge in [-0.15, -0.1) is 0 Å². The van der Waals surface area contributed by atoms with E-state index in [2.05, 4.69) is 31.2 Å². The first-order chi connectivity index (χ1) is 10.5. The molecule has 1 N–H and O–H groups in total. The quantitative estimate of drug-likeness (QED) is 0.818. The van der Waals surface area contributed by atoms with Crippen LogP contribution >= 0.6 is 15.9 Å². The third kappa shape index (κ3) is 3.70. The zero-order chi connectivity index (χ0) is 16.1. The van der Waals surface area contributed by atoms with E-state index in [1.54, 1.807) is 12.1 Å². The van der Waals surface area contributed by atoms with Crippen molar-refractivity contribution < 1.29 is 18.7 Å². The number of nitrogens with one attached hydrogen (secondary N) is 1. The molecule has 116 valence electrons. The molecule has 0 atom stereocenters. The average molecular weight is 370 g/mol. The zero-order valence-corrected chi connectivity index (χ0v) is 13.5. The number of carbonyl (C=O) groups excluding carboxylic acids is 1. The molecule has 2 aromatic rings. The normalized spacial score (nSPS) is 10.2. The van der Waals surface area contributed by atoms with Crippen molar-refractivity contribution in [2.24, 2.45) is 0 Å². The van der Waals surface area contributed by atoms with E-state index in [1.807, 2.05) is 0 Å². The number of aromatic nitrogens is 2. The lowest BCUT2D eigenvalue weighted by molar-refractivity contribution is 0.0941. The number of carbonyl (C=O) groups is 1. The van der Waals surface area contributed by atoms with Gasteiger partial charge in [0, 0.05) is 6.54 Å². The molecule has 6 nitrogen and oxygen atoms in total. The highest BCUT2D eigenvalue weighted by molar-refractivity contribution is 9.10. The maximum absolute atomic E-state index is 12.8. The Kier molecular flexibility index (Phi) is 5.26. The molecule has 0 saturated heterocycles. The number of ether oxygens (including phenoxy) is 2. The molecule has 22 heavy (non-hydrogen) atoms. The fourth-order valence-corrected chi connectivity index (χ4v) is 2.09. The molecular formula is C14H13BrFN3O3. The van der Waals surface area contributed by atoms with Crippen LogP contribution in [-0.4, -0.2) is 30.1 Å². The maximum Gasteiger partial charge on any atom is 0.274 e. The molecule has 1 amide bonds. The van der Waals surface area contributed by atoms with Gasteiger partial charge in [0.1, 0.15) is 5.82 Å². The summed E-state index contributed by atoms with van der Waals surface area (Å²) in [5.41, 5.74) is 0.803. The lowest BCUT2D eigenvalue weighted by Gasteiger charge is -2.11. The van der Waals surface area contributed by atoms with Crippen LogP contribution in [-0.2, 0) is 6.54 Å². The molecular weight excluding hydrogens is 357 g/mol. The molecule has 0 saturated carbocycles. The number of amides is 1. The number of nitrogens with zero attached hydrogens (tertiary/aromatic N) is 2. The molecule has 0 aliphatic heterocycles. The summed E-state index contributed by atoms with van der Waals surface area (Å²) in [6, 6.07) is 5.82. The topological polar surface area (TPSA) is 73.3 Å². The SMILES string of the molecule is COc1nc(Br)nc(C(=O)NCc2ccc(F)cc2)c1OC. The lowest BCUT2D eigenvalue weighted by Crippen LogP contribution is -2.25. The maximum atomic E-state index is 12.8. The first kappa shape index (κ1) is 16.2. The second kappa shape index (κ2) is 7.17. The van der Waals surface area contributed by atoms with Gasteiger partial charge in [0.05, 0.1) is 14.2 Å². The molecule has 0 aliphatic carbocycles. The first-order valence-corrected chi connectivity index (χ1v) is 7.02. The second-order valence-corrected chi connectivity index (χ2v) is 4.90. The fraction of sp³-hybridized carbons (Fsp3) is 0.214. The zero-order valence-electron chi connectivity index (χ0n) is 11.9. The molecule has 8 heteroatoms. The van der Waals surface area contributed by atoms with Crippen LogP contribution < -0.4 is 14.8 Å². The summed E-state index contributed by atoms with van der Waals surface area (Å²) in [6.07, 6.45) is 0. The summed E-state index contributed by atoms with van der Waals surface area (Å²) in [4.78, 5) is 20.2. The van der Waals surface area contributed by atoms with Crippen LogP contribution in [0, 0.1) is 5.82 Å². The number of hydrogen-bond acceptors (Lipinski definition) is 5. The van der Waals surface area contributed by atoms with E-state index in [0.717, 1.165) is 5.56 Å². The predicted molar refractivity (Wildman–Crippen MR) is 80.4 cm³/mol. The third-order valence-electron chi connectivity index (χ3n) is 2.79. The molecule has 0 unspecified atom stereocenters. The van der Waals surface area contributed by atoms with Gasteiger partial charge >= 0.3 is 0 Å². The minimum atomic E-state index is -0.456. The summed E-state index contributed by atoms with van der Waals surface area (Å²) in [7, 11) is 2.81. The van der Waals surface area contributed by atoms with Crippen molar-refractivity contribution in [3.8, 4) is 11.6 Å². The number of halogens is 2. The molecule has 1 aromatic heterocycles. The molecule has 2 rings (SSSR count). The summed E-state index contributed by atoms with van der Waals surface area (Å²) in [6.45, 7) is 0.228. The van der Waals surface area contributed by atoms with E-state index >= 15 is 0 Å². The fourth-order valence-electron chi connectivity index (χ4n) is 1.75. The standard InChI is InChI=1S/C14H13BrFN3O3/c1-21-11-10(18-14(15)19-13(11)22-2)12(20)17-7-8-3-5-9(16)6-4-8/h3-6H,7H2,1-2H3,(H,17,20). The summed E-state index contributed by atoms with van der Waals surface area (Å²) >= 11 is 3.11. The van der Waals surface area contributed by atoms with E-state index in [4.69, 9.17) is 9.47 Å². The van der Waals surface area contributed by atoms with E-state index in [-0.39, 0.29) is 34.4 Å². The molecule has 0 fully saturated rings. The van der Waals surface area contributed by atoms with E-state index in [1.165, 1.54) is 26.4 Å². The Hall–Kier alpha value is -2.22. The molecule has 0 bridgehead atoms. The Morgan fingerprint density at radius 1 is 1.23 bits per heavy atom. The number of hydrogen-bond donors (Lipinski definition) is 1. The van der Waals surface area contributed by atoms with Gasteiger partial charge in [0.15, 0.2) is 5.69 Å². The van der Waals surface area contributed by atoms with Crippen molar-refractivity contribution in [3.05, 3.63) is 46.1 Å². The lowest BCUT2D eigenvalue weighted by atomic mass is 10.2. The monoisotopic (exact) mass is 369 g/mol. The Balaban J connectivity index is 2.18. The largest absolute Gasteiger partial charge is 0.489 e. The van der Waals surface area contributed by atoms with Crippen LogP contribution in [0.25, 0.3) is 0 Å². The summed E-state index contributed by atoms with van der Waals surface area (Å²) < 4.78 is 23.2. The predicted octanol–water partition coefficient (Wildman–Crippen LogP) is 2.33. The van der Waals surface area contributed by atoms with Gasteiger partial charge in [0.25, 0.3) is 11.8 Å². The van der Waals surface area contributed by atoms with Crippen LogP contribution in [0.2, 0.25) is 0 Å². The molecule has 0 radical (unpaired) electrons. The molecule has 0 spiro atoms. The number of benzene rings is 1. The van der Waals surface area contributed by atoms with Gasteiger partial charge < -0.3 is 14.8 Å². The summed E-state index contributed by atoms with van der Waals surface area (Å²) in [5, 5.41) is 2.68. The third-order valence-corrected chi connectivity index (χ3v) is 3.14. The van der Waals surface area contributed by atoms with Crippen molar-refractivity contribution in [1.29, 1.82) is 0 Å². The van der Waals surface area contributed by atoms with Gasteiger partial charge in [0.2, 0.25) is 10.5 Å². The van der Waals surface area contributed by atoms with Gasteiger partial charge in [-0.2, -0.15) is 4.98 Å². The van der Waals surface area contributed by atoms with E-state index in [0.29, 0.717) is 0 Å². The molecule has 1 aromatic carbocycles. The van der Waals surface area contributed by atoms with Crippen LogP contribution in [0.1, 0.15) is 16.1 Å². The highest BCUT2D eigenvalue weighted by atomic mass is 79.9. The van der Waals surface area contributed by atoms with E-state index < -0.39 is 5.91 Å². The molecule has 1 heterocycles. The number of rotatable bonds is 5. The smallest absolute Gasteiger partial charge is 0.274 e. The van der Waals surface area contributed by atoms with Crippen LogP contribution in [0.5, 0.6) is 11.6 Å². The van der Waals surface area contributed by atoms with Gasteiger partial charge in [-0.25, -0.2) is 9.37 Å². The highest BCUT2D eigenvalue weighted by Crippen LogP contribution is 2.29. The van der Waals surface area contributed by atoms with Gasteiger partial charge in [-0.3, -0.25) is 4.79 Å². The van der Waals surface area contributed by atoms with Crippen molar-refractivity contribution in [1.82, 2.24) is 15.3 Å². The average Bonchev–Trinajstić information content (AvgIpc) is 2.53. The highest BCUT2D eigenvalue weighted by Gasteiger charge is 2.21. The number of methoxy groups -OCH3 is 2. The van der Waals surface area contributed by atoms with E-state index in [9.17, 15) is 9.18 Å². The minimum absolute atomic E-state index is 0.0448. The Morgan fingerprint density at radius 3 is 2.50 bits per heavy atom.